The fraction of sp³-hybridized carbons (Fsp3) is 0.600. The number of carbonyl (C=O) groups is 2. The van der Waals surface area contributed by atoms with Crippen LogP contribution in [0.2, 0.25) is 0 Å². The van der Waals surface area contributed by atoms with Crippen molar-refractivity contribution in [1.29, 1.82) is 0 Å². The van der Waals surface area contributed by atoms with Gasteiger partial charge in [0.15, 0.2) is 0 Å². The highest BCUT2D eigenvalue weighted by molar-refractivity contribution is 5.94. The lowest BCUT2D eigenvalue weighted by atomic mass is 9.86. The number of nitrogens with zero attached hydrogens (tertiary/aromatic N) is 1. The summed E-state index contributed by atoms with van der Waals surface area (Å²) in [6.07, 6.45) is 7.83. The van der Waals surface area contributed by atoms with Crippen LogP contribution < -0.4 is 10.1 Å². The fourth-order valence-electron chi connectivity index (χ4n) is 4.38. The summed E-state index contributed by atoms with van der Waals surface area (Å²) >= 11 is 0. The Labute approximate surface area is 148 Å². The summed E-state index contributed by atoms with van der Waals surface area (Å²) in [5.41, 5.74) is 0.655. The van der Waals surface area contributed by atoms with Crippen molar-refractivity contribution in [2.75, 3.05) is 19.6 Å². The molecule has 1 atom stereocenters. The molecule has 1 aliphatic carbocycles. The molecule has 1 N–H and O–H groups in total. The lowest BCUT2D eigenvalue weighted by molar-refractivity contribution is -0.119. The minimum absolute atomic E-state index is 0.0449. The van der Waals surface area contributed by atoms with Gasteiger partial charge in [-0.1, -0.05) is 6.42 Å². The number of hydrogen-bond donors (Lipinski definition) is 1. The monoisotopic (exact) mass is 342 g/mol. The lowest BCUT2D eigenvalue weighted by Crippen LogP contribution is -2.33. The van der Waals surface area contributed by atoms with Crippen LogP contribution >= 0.6 is 0 Å². The third-order valence-corrected chi connectivity index (χ3v) is 5.88. The molecular formula is C20H26N2O3. The minimum atomic E-state index is -0.0449. The Kier molecular flexibility index (Phi) is 4.40. The highest BCUT2D eigenvalue weighted by atomic mass is 16.5. The van der Waals surface area contributed by atoms with Crippen LogP contribution in [0.1, 0.15) is 55.3 Å². The summed E-state index contributed by atoms with van der Waals surface area (Å²) < 4.78 is 6.03. The van der Waals surface area contributed by atoms with Crippen molar-refractivity contribution in [2.45, 2.75) is 51.0 Å². The second-order valence-electron chi connectivity index (χ2n) is 7.83. The number of amides is 2. The van der Waals surface area contributed by atoms with Crippen molar-refractivity contribution < 1.29 is 14.3 Å². The van der Waals surface area contributed by atoms with Crippen LogP contribution in [0.25, 0.3) is 0 Å². The van der Waals surface area contributed by atoms with Crippen molar-refractivity contribution >= 4 is 11.8 Å². The number of ether oxygens (including phenoxy) is 1. The van der Waals surface area contributed by atoms with Crippen LogP contribution in [0.5, 0.6) is 5.75 Å². The average molecular weight is 342 g/mol. The third-order valence-electron chi connectivity index (χ3n) is 5.88. The minimum Gasteiger partial charge on any atom is -0.490 e. The molecule has 1 saturated carbocycles. The van der Waals surface area contributed by atoms with Crippen molar-refractivity contribution in [1.82, 2.24) is 10.2 Å². The van der Waals surface area contributed by atoms with Crippen molar-refractivity contribution in [3.8, 4) is 5.75 Å². The van der Waals surface area contributed by atoms with E-state index in [4.69, 9.17) is 4.74 Å². The molecule has 3 aliphatic rings. The zero-order chi connectivity index (χ0) is 17.3. The third kappa shape index (κ3) is 3.51. The van der Waals surface area contributed by atoms with E-state index in [1.165, 1.54) is 19.3 Å². The Morgan fingerprint density at radius 1 is 1.16 bits per heavy atom. The first-order valence-corrected chi connectivity index (χ1v) is 9.46. The second-order valence-corrected chi connectivity index (χ2v) is 7.83. The molecule has 3 fully saturated rings. The normalized spacial score (nSPS) is 26.9. The summed E-state index contributed by atoms with van der Waals surface area (Å²) in [5, 5.41) is 2.90. The van der Waals surface area contributed by atoms with Gasteiger partial charge >= 0.3 is 0 Å². The van der Waals surface area contributed by atoms with Gasteiger partial charge in [-0.05, 0) is 56.4 Å². The van der Waals surface area contributed by atoms with Crippen LogP contribution in [0, 0.1) is 5.41 Å². The topological polar surface area (TPSA) is 58.6 Å². The fourth-order valence-corrected chi connectivity index (χ4v) is 4.38. The van der Waals surface area contributed by atoms with Crippen LogP contribution in [-0.2, 0) is 4.79 Å². The van der Waals surface area contributed by atoms with Crippen molar-refractivity contribution in [2.24, 2.45) is 5.41 Å². The molecule has 134 valence electrons. The zero-order valence-corrected chi connectivity index (χ0v) is 14.6. The second kappa shape index (κ2) is 6.70. The maximum Gasteiger partial charge on any atom is 0.253 e. The molecule has 5 heteroatoms. The van der Waals surface area contributed by atoms with E-state index in [0.717, 1.165) is 31.6 Å². The number of likely N-dealkylation sites (tertiary alicyclic amines) is 1. The van der Waals surface area contributed by atoms with E-state index in [-0.39, 0.29) is 17.2 Å². The predicted molar refractivity (Wildman–Crippen MR) is 94.5 cm³/mol. The summed E-state index contributed by atoms with van der Waals surface area (Å²) in [5.74, 6) is 1.02. The highest BCUT2D eigenvalue weighted by Crippen LogP contribution is 2.37. The van der Waals surface area contributed by atoms with E-state index in [2.05, 4.69) is 5.32 Å². The molecule has 0 radical (unpaired) electrons. The summed E-state index contributed by atoms with van der Waals surface area (Å²) in [7, 11) is 0. The molecular weight excluding hydrogens is 316 g/mol. The molecule has 5 nitrogen and oxygen atoms in total. The van der Waals surface area contributed by atoms with Crippen LogP contribution in [0.3, 0.4) is 0 Å². The molecule has 2 amide bonds. The van der Waals surface area contributed by atoms with Gasteiger partial charge in [0.25, 0.3) is 5.91 Å². The Morgan fingerprint density at radius 3 is 2.60 bits per heavy atom. The van der Waals surface area contributed by atoms with Gasteiger partial charge in [0, 0.05) is 37.0 Å². The number of carbonyl (C=O) groups excluding carboxylic acids is 2. The predicted octanol–water partition coefficient (Wildman–Crippen LogP) is 2.75. The average Bonchev–Trinajstić information content (AvgIpc) is 3.22. The smallest absolute Gasteiger partial charge is 0.253 e. The molecule has 1 aromatic carbocycles. The maximum absolute atomic E-state index is 12.7. The standard InChI is InChI=1S/C20H26N2O3/c23-18-12-20(13-21-18)10-11-22(14-20)19(24)15-6-8-17(9-7-15)25-16-4-2-1-3-5-16/h6-9,16H,1-5,10-14H2,(H,21,23). The van der Waals surface area contributed by atoms with Gasteiger partial charge < -0.3 is 15.0 Å². The zero-order valence-electron chi connectivity index (χ0n) is 14.6. The number of benzene rings is 1. The first kappa shape index (κ1) is 16.4. The van der Waals surface area contributed by atoms with Gasteiger partial charge in [0.05, 0.1) is 6.10 Å². The van der Waals surface area contributed by atoms with E-state index in [1.807, 2.05) is 29.2 Å². The largest absolute Gasteiger partial charge is 0.490 e. The van der Waals surface area contributed by atoms with Crippen molar-refractivity contribution in [3.05, 3.63) is 29.8 Å². The van der Waals surface area contributed by atoms with E-state index >= 15 is 0 Å². The van der Waals surface area contributed by atoms with E-state index in [9.17, 15) is 9.59 Å². The van der Waals surface area contributed by atoms with Gasteiger partial charge in [-0.15, -0.1) is 0 Å². The van der Waals surface area contributed by atoms with E-state index in [1.54, 1.807) is 0 Å². The molecule has 1 spiro atoms. The number of nitrogens with one attached hydrogen (secondary N) is 1. The van der Waals surface area contributed by atoms with Gasteiger partial charge in [-0.25, -0.2) is 0 Å². The Morgan fingerprint density at radius 2 is 1.92 bits per heavy atom. The summed E-state index contributed by atoms with van der Waals surface area (Å²) in [6.45, 7) is 2.10. The molecule has 0 bridgehead atoms. The summed E-state index contributed by atoms with van der Waals surface area (Å²) in [4.78, 5) is 26.2. The number of hydrogen-bond acceptors (Lipinski definition) is 3. The molecule has 25 heavy (non-hydrogen) atoms. The summed E-state index contributed by atoms with van der Waals surface area (Å²) in [6, 6.07) is 7.55. The highest BCUT2D eigenvalue weighted by Gasteiger charge is 2.45. The Balaban J connectivity index is 1.37. The van der Waals surface area contributed by atoms with Crippen LogP contribution in [-0.4, -0.2) is 42.5 Å². The molecule has 2 saturated heterocycles. The van der Waals surface area contributed by atoms with Gasteiger partial charge in [-0.2, -0.15) is 0 Å². The Bertz CT molecular complexity index is 651. The lowest BCUT2D eigenvalue weighted by Gasteiger charge is -2.23. The van der Waals surface area contributed by atoms with Gasteiger partial charge in [0.1, 0.15) is 5.75 Å². The van der Waals surface area contributed by atoms with Gasteiger partial charge in [0.2, 0.25) is 5.91 Å². The maximum atomic E-state index is 12.7. The molecule has 2 heterocycles. The first-order valence-electron chi connectivity index (χ1n) is 9.46. The van der Waals surface area contributed by atoms with E-state index < -0.39 is 0 Å². The molecule has 1 aromatic rings. The van der Waals surface area contributed by atoms with Crippen molar-refractivity contribution in [3.63, 3.8) is 0 Å². The molecule has 1 unspecified atom stereocenters. The molecule has 4 rings (SSSR count). The van der Waals surface area contributed by atoms with Crippen LogP contribution in [0.4, 0.5) is 0 Å². The van der Waals surface area contributed by atoms with Crippen LogP contribution in [0.15, 0.2) is 24.3 Å². The van der Waals surface area contributed by atoms with E-state index in [0.29, 0.717) is 31.2 Å². The SMILES string of the molecule is O=C1CC2(CCN(C(=O)c3ccc(OC4CCCCC4)cc3)C2)CN1. The van der Waals surface area contributed by atoms with Gasteiger partial charge in [-0.3, -0.25) is 9.59 Å². The first-order chi connectivity index (χ1) is 12.1. The molecule has 0 aromatic heterocycles. The quantitative estimate of drug-likeness (QED) is 0.919. The molecule has 2 aliphatic heterocycles. The Hall–Kier alpha value is -2.04. The number of rotatable bonds is 3.